The van der Waals surface area contributed by atoms with Gasteiger partial charge in [0.25, 0.3) is 0 Å². The Morgan fingerprint density at radius 2 is 2.27 bits per heavy atom. The van der Waals surface area contributed by atoms with E-state index >= 15 is 0 Å². The average molecular weight is 289 g/mol. The first-order valence-corrected chi connectivity index (χ1v) is 5.32. The Morgan fingerprint density at radius 1 is 1.47 bits per heavy atom. The van der Waals surface area contributed by atoms with Crippen LogP contribution < -0.4 is 5.73 Å². The fourth-order valence-corrected chi connectivity index (χ4v) is 2.14. The van der Waals surface area contributed by atoms with Crippen molar-refractivity contribution in [2.24, 2.45) is 5.73 Å². The molecule has 4 nitrogen and oxygen atoms in total. The normalized spacial score (nSPS) is 12.7. The summed E-state index contributed by atoms with van der Waals surface area (Å²) >= 11 is 9.21. The predicted molar refractivity (Wildman–Crippen MR) is 59.5 cm³/mol. The minimum Gasteiger partial charge on any atom is -0.343 e. The van der Waals surface area contributed by atoms with Gasteiger partial charge in [0.15, 0.2) is 5.82 Å². The van der Waals surface area contributed by atoms with Crippen molar-refractivity contribution in [3.05, 3.63) is 45.5 Å². The highest BCUT2D eigenvalue weighted by molar-refractivity contribution is 9.10. The van der Waals surface area contributed by atoms with Crippen molar-refractivity contribution in [2.45, 2.75) is 6.04 Å². The summed E-state index contributed by atoms with van der Waals surface area (Å²) in [5.41, 5.74) is 6.82. The van der Waals surface area contributed by atoms with Gasteiger partial charge in [-0.25, -0.2) is 0 Å². The van der Waals surface area contributed by atoms with Crippen LogP contribution in [0.4, 0.5) is 0 Å². The summed E-state index contributed by atoms with van der Waals surface area (Å²) in [5.74, 6) is 0.443. The van der Waals surface area contributed by atoms with Crippen LogP contribution in [0.1, 0.15) is 17.4 Å². The van der Waals surface area contributed by atoms with Crippen molar-refractivity contribution in [1.29, 1.82) is 0 Å². The van der Waals surface area contributed by atoms with E-state index in [1.807, 2.05) is 6.07 Å². The van der Waals surface area contributed by atoms with Gasteiger partial charge < -0.3 is 10.3 Å². The molecule has 0 amide bonds. The van der Waals surface area contributed by atoms with Crippen LogP contribution in [-0.2, 0) is 0 Å². The molecular weight excluding hydrogens is 281 g/mol. The number of hydrogen-bond donors (Lipinski definition) is 1. The van der Waals surface area contributed by atoms with E-state index in [1.54, 1.807) is 12.1 Å². The molecule has 1 atom stereocenters. The van der Waals surface area contributed by atoms with E-state index in [9.17, 15) is 0 Å². The maximum Gasteiger partial charge on any atom is 0.213 e. The molecule has 0 aliphatic rings. The largest absolute Gasteiger partial charge is 0.343 e. The summed E-state index contributed by atoms with van der Waals surface area (Å²) < 4.78 is 5.46. The van der Waals surface area contributed by atoms with Crippen LogP contribution in [0.25, 0.3) is 0 Å². The van der Waals surface area contributed by atoms with E-state index in [0.29, 0.717) is 10.8 Å². The monoisotopic (exact) mass is 287 g/mol. The standard InChI is InChI=1S/C9H7BrClN3O/c10-7-3-5(11)1-2-6(7)8(12)9-13-4-15-14-9/h1-4,8H,12H2. The Hall–Kier alpha value is -0.910. The lowest BCUT2D eigenvalue weighted by Gasteiger charge is -2.09. The molecule has 0 spiro atoms. The van der Waals surface area contributed by atoms with Crippen LogP contribution >= 0.6 is 27.5 Å². The van der Waals surface area contributed by atoms with E-state index < -0.39 is 6.04 Å². The summed E-state index contributed by atoms with van der Waals surface area (Å²) in [6, 6.07) is 4.95. The van der Waals surface area contributed by atoms with Crippen molar-refractivity contribution < 1.29 is 4.52 Å². The Bertz CT molecular complexity index is 460. The van der Waals surface area contributed by atoms with Crippen LogP contribution in [0.5, 0.6) is 0 Å². The highest BCUT2D eigenvalue weighted by Gasteiger charge is 2.16. The van der Waals surface area contributed by atoms with Gasteiger partial charge in [-0.2, -0.15) is 4.98 Å². The fourth-order valence-electron chi connectivity index (χ4n) is 1.21. The van der Waals surface area contributed by atoms with Gasteiger partial charge in [0.05, 0.1) is 6.04 Å². The Labute approximate surface area is 99.5 Å². The van der Waals surface area contributed by atoms with Gasteiger partial charge in [0.2, 0.25) is 6.39 Å². The lowest BCUT2D eigenvalue weighted by atomic mass is 10.1. The first-order chi connectivity index (χ1) is 7.18. The molecule has 0 aliphatic carbocycles. The topological polar surface area (TPSA) is 64.9 Å². The molecule has 2 N–H and O–H groups in total. The lowest BCUT2D eigenvalue weighted by molar-refractivity contribution is 0.407. The van der Waals surface area contributed by atoms with Crippen LogP contribution in [0, 0.1) is 0 Å². The fraction of sp³-hybridized carbons (Fsp3) is 0.111. The third kappa shape index (κ3) is 2.19. The van der Waals surface area contributed by atoms with E-state index in [2.05, 4.69) is 30.6 Å². The molecule has 0 bridgehead atoms. The van der Waals surface area contributed by atoms with Crippen molar-refractivity contribution in [3.8, 4) is 0 Å². The van der Waals surface area contributed by atoms with Gasteiger partial charge in [0, 0.05) is 9.50 Å². The van der Waals surface area contributed by atoms with Gasteiger partial charge in [-0.3, -0.25) is 0 Å². The van der Waals surface area contributed by atoms with Crippen LogP contribution in [0.3, 0.4) is 0 Å². The molecule has 15 heavy (non-hydrogen) atoms. The van der Waals surface area contributed by atoms with Crippen molar-refractivity contribution in [1.82, 2.24) is 10.1 Å². The van der Waals surface area contributed by atoms with E-state index in [4.69, 9.17) is 17.3 Å². The van der Waals surface area contributed by atoms with E-state index in [0.717, 1.165) is 10.0 Å². The Morgan fingerprint density at radius 3 is 2.87 bits per heavy atom. The summed E-state index contributed by atoms with van der Waals surface area (Å²) in [6.07, 6.45) is 1.25. The number of nitrogens with two attached hydrogens (primary N) is 1. The van der Waals surface area contributed by atoms with Gasteiger partial charge in [-0.15, -0.1) is 0 Å². The smallest absolute Gasteiger partial charge is 0.213 e. The van der Waals surface area contributed by atoms with Crippen LogP contribution in [0.2, 0.25) is 5.02 Å². The van der Waals surface area contributed by atoms with E-state index in [1.165, 1.54) is 6.39 Å². The molecule has 1 aromatic heterocycles. The predicted octanol–water partition coefficient (Wildman–Crippen LogP) is 2.53. The van der Waals surface area contributed by atoms with E-state index in [-0.39, 0.29) is 0 Å². The molecule has 0 fully saturated rings. The number of nitrogens with zero attached hydrogens (tertiary/aromatic N) is 2. The average Bonchev–Trinajstić information content (AvgIpc) is 2.69. The Balaban J connectivity index is 2.38. The van der Waals surface area contributed by atoms with Crippen LogP contribution in [-0.4, -0.2) is 10.1 Å². The summed E-state index contributed by atoms with van der Waals surface area (Å²) in [6.45, 7) is 0. The molecule has 1 heterocycles. The quantitative estimate of drug-likeness (QED) is 0.922. The zero-order chi connectivity index (χ0) is 10.8. The summed E-state index contributed by atoms with van der Waals surface area (Å²) in [5, 5.41) is 4.34. The van der Waals surface area contributed by atoms with Crippen molar-refractivity contribution in [2.75, 3.05) is 0 Å². The van der Waals surface area contributed by atoms with Gasteiger partial charge in [-0.1, -0.05) is 38.8 Å². The molecule has 0 aliphatic heterocycles. The van der Waals surface area contributed by atoms with Crippen LogP contribution in [0.15, 0.2) is 33.6 Å². The first-order valence-electron chi connectivity index (χ1n) is 4.15. The molecule has 0 saturated carbocycles. The minimum absolute atomic E-state index is 0.421. The molecule has 1 aromatic carbocycles. The van der Waals surface area contributed by atoms with Gasteiger partial charge in [-0.05, 0) is 17.7 Å². The lowest BCUT2D eigenvalue weighted by Crippen LogP contribution is -2.14. The second-order valence-electron chi connectivity index (χ2n) is 2.93. The highest BCUT2D eigenvalue weighted by atomic mass is 79.9. The van der Waals surface area contributed by atoms with Gasteiger partial charge >= 0.3 is 0 Å². The second-order valence-corrected chi connectivity index (χ2v) is 4.22. The molecule has 78 valence electrons. The summed E-state index contributed by atoms with van der Waals surface area (Å²) in [7, 11) is 0. The Kier molecular flexibility index (Phi) is 3.04. The molecule has 0 radical (unpaired) electrons. The van der Waals surface area contributed by atoms with Crippen molar-refractivity contribution in [3.63, 3.8) is 0 Å². The maximum atomic E-state index is 5.95. The third-order valence-electron chi connectivity index (χ3n) is 1.95. The molecule has 1 unspecified atom stereocenters. The van der Waals surface area contributed by atoms with Gasteiger partial charge in [0.1, 0.15) is 0 Å². The minimum atomic E-state index is -0.421. The number of hydrogen-bond acceptors (Lipinski definition) is 4. The molecule has 2 aromatic rings. The molecular formula is C9H7BrClN3O. The zero-order valence-corrected chi connectivity index (χ0v) is 9.86. The maximum absolute atomic E-state index is 5.95. The number of halogens is 2. The number of benzene rings is 1. The third-order valence-corrected chi connectivity index (χ3v) is 2.88. The number of aromatic nitrogens is 2. The summed E-state index contributed by atoms with van der Waals surface area (Å²) in [4.78, 5) is 3.90. The number of rotatable bonds is 2. The highest BCUT2D eigenvalue weighted by Crippen LogP contribution is 2.27. The molecule has 6 heteroatoms. The first kappa shape index (κ1) is 10.6. The second kappa shape index (κ2) is 4.30. The SMILES string of the molecule is NC(c1ncon1)c1ccc(Cl)cc1Br. The molecule has 0 saturated heterocycles. The molecule has 2 rings (SSSR count). The van der Waals surface area contributed by atoms with Crippen molar-refractivity contribution >= 4 is 27.5 Å². The zero-order valence-electron chi connectivity index (χ0n) is 7.52.